The number of aromatic nitrogens is 1. The van der Waals surface area contributed by atoms with E-state index in [9.17, 15) is 4.79 Å². The van der Waals surface area contributed by atoms with E-state index < -0.39 is 0 Å². The minimum atomic E-state index is -0.258. The van der Waals surface area contributed by atoms with Crippen LogP contribution in [-0.2, 0) is 0 Å². The van der Waals surface area contributed by atoms with Crippen molar-refractivity contribution in [1.29, 1.82) is 0 Å². The maximum atomic E-state index is 11.8. The zero-order chi connectivity index (χ0) is 13.7. The number of rotatable bonds is 3. The quantitative estimate of drug-likeness (QED) is 0.899. The molecule has 2 N–H and O–H groups in total. The van der Waals surface area contributed by atoms with Gasteiger partial charge in [-0.1, -0.05) is 11.6 Å². The molecule has 2 rings (SSSR count). The van der Waals surface area contributed by atoms with Crippen molar-refractivity contribution in [1.82, 2.24) is 10.3 Å². The molecule has 1 atom stereocenters. The van der Waals surface area contributed by atoms with Crippen LogP contribution in [-0.4, -0.2) is 11.0 Å². The number of urea groups is 1. The highest BCUT2D eigenvalue weighted by molar-refractivity contribution is 6.30. The van der Waals surface area contributed by atoms with Crippen LogP contribution in [0.15, 0.2) is 48.8 Å². The predicted molar refractivity (Wildman–Crippen MR) is 76.3 cm³/mol. The van der Waals surface area contributed by atoms with Gasteiger partial charge in [0.2, 0.25) is 0 Å². The molecule has 4 nitrogen and oxygen atoms in total. The van der Waals surface area contributed by atoms with Gasteiger partial charge in [0.15, 0.2) is 0 Å². The van der Waals surface area contributed by atoms with Crippen LogP contribution in [0.4, 0.5) is 10.5 Å². The molecule has 1 heterocycles. The molecule has 0 radical (unpaired) electrons. The number of nitrogens with one attached hydrogen (secondary N) is 2. The number of carbonyl (C=O) groups is 1. The lowest BCUT2D eigenvalue weighted by Gasteiger charge is -2.14. The maximum absolute atomic E-state index is 11.8. The first-order valence-corrected chi connectivity index (χ1v) is 6.26. The van der Waals surface area contributed by atoms with Crippen LogP contribution in [0.2, 0.25) is 5.02 Å². The summed E-state index contributed by atoms with van der Waals surface area (Å²) in [6.07, 6.45) is 3.40. The third-order valence-electron chi connectivity index (χ3n) is 2.66. The zero-order valence-electron chi connectivity index (χ0n) is 10.4. The predicted octanol–water partition coefficient (Wildman–Crippen LogP) is 3.62. The highest BCUT2D eigenvalue weighted by Gasteiger charge is 2.08. The van der Waals surface area contributed by atoms with Crippen LogP contribution in [0.1, 0.15) is 18.5 Å². The molecule has 0 bridgehead atoms. The minimum Gasteiger partial charge on any atom is -0.331 e. The largest absolute Gasteiger partial charge is 0.331 e. The van der Waals surface area contributed by atoms with E-state index >= 15 is 0 Å². The SMILES string of the molecule is C[C@H](NC(=O)Nc1ccc(Cl)cc1)c1ccncc1. The molecule has 0 aliphatic carbocycles. The van der Waals surface area contributed by atoms with E-state index in [-0.39, 0.29) is 12.1 Å². The van der Waals surface area contributed by atoms with Crippen molar-refractivity contribution in [3.8, 4) is 0 Å². The van der Waals surface area contributed by atoms with Crippen LogP contribution in [0.3, 0.4) is 0 Å². The summed E-state index contributed by atoms with van der Waals surface area (Å²) in [5.74, 6) is 0. The van der Waals surface area contributed by atoms with Crippen LogP contribution < -0.4 is 10.6 Å². The molecule has 0 spiro atoms. The summed E-state index contributed by atoms with van der Waals surface area (Å²) in [5.41, 5.74) is 1.70. The molecule has 0 fully saturated rings. The Morgan fingerprint density at radius 2 is 1.79 bits per heavy atom. The molecule has 0 unspecified atom stereocenters. The van der Waals surface area contributed by atoms with Gasteiger partial charge in [0, 0.05) is 23.1 Å². The number of hydrogen-bond acceptors (Lipinski definition) is 2. The Morgan fingerprint density at radius 3 is 2.42 bits per heavy atom. The second-order valence-electron chi connectivity index (χ2n) is 4.11. The lowest BCUT2D eigenvalue weighted by atomic mass is 10.1. The minimum absolute atomic E-state index is 0.0877. The fraction of sp³-hybridized carbons (Fsp3) is 0.143. The van der Waals surface area contributed by atoms with E-state index in [1.54, 1.807) is 36.7 Å². The van der Waals surface area contributed by atoms with E-state index in [0.29, 0.717) is 10.7 Å². The maximum Gasteiger partial charge on any atom is 0.319 e. The number of hydrogen-bond donors (Lipinski definition) is 2. The summed E-state index contributed by atoms with van der Waals surface area (Å²) >= 11 is 5.78. The van der Waals surface area contributed by atoms with Crippen molar-refractivity contribution in [2.75, 3.05) is 5.32 Å². The Balaban J connectivity index is 1.93. The normalized spacial score (nSPS) is 11.7. The van der Waals surface area contributed by atoms with Crippen molar-refractivity contribution in [3.05, 3.63) is 59.4 Å². The lowest BCUT2D eigenvalue weighted by molar-refractivity contribution is 0.249. The van der Waals surface area contributed by atoms with Crippen molar-refractivity contribution in [3.63, 3.8) is 0 Å². The second kappa shape index (κ2) is 6.20. The van der Waals surface area contributed by atoms with E-state index in [1.165, 1.54) is 0 Å². The number of carbonyl (C=O) groups excluding carboxylic acids is 1. The highest BCUT2D eigenvalue weighted by atomic mass is 35.5. The molecule has 1 aromatic carbocycles. The number of anilines is 1. The molecule has 98 valence electrons. The molecule has 19 heavy (non-hydrogen) atoms. The summed E-state index contributed by atoms with van der Waals surface area (Å²) in [6, 6.07) is 10.3. The molecule has 2 amide bonds. The summed E-state index contributed by atoms with van der Waals surface area (Å²) in [5, 5.41) is 6.23. The van der Waals surface area contributed by atoms with Crippen LogP contribution in [0.25, 0.3) is 0 Å². The monoisotopic (exact) mass is 275 g/mol. The van der Waals surface area contributed by atoms with Gasteiger partial charge in [-0.15, -0.1) is 0 Å². The summed E-state index contributed by atoms with van der Waals surface area (Å²) in [4.78, 5) is 15.8. The van der Waals surface area contributed by atoms with Crippen LogP contribution in [0.5, 0.6) is 0 Å². The van der Waals surface area contributed by atoms with Gasteiger partial charge < -0.3 is 10.6 Å². The van der Waals surface area contributed by atoms with Crippen molar-refractivity contribution >= 4 is 23.3 Å². The van der Waals surface area contributed by atoms with Gasteiger partial charge in [-0.2, -0.15) is 0 Å². The number of halogens is 1. The van der Waals surface area contributed by atoms with E-state index in [1.807, 2.05) is 19.1 Å². The topological polar surface area (TPSA) is 54.0 Å². The van der Waals surface area contributed by atoms with Gasteiger partial charge in [0.25, 0.3) is 0 Å². The summed E-state index contributed by atoms with van der Waals surface area (Å²) in [6.45, 7) is 1.91. The van der Waals surface area contributed by atoms with E-state index in [0.717, 1.165) is 5.56 Å². The van der Waals surface area contributed by atoms with Gasteiger partial charge in [-0.3, -0.25) is 4.98 Å². The zero-order valence-corrected chi connectivity index (χ0v) is 11.2. The first kappa shape index (κ1) is 13.4. The first-order valence-electron chi connectivity index (χ1n) is 5.88. The average molecular weight is 276 g/mol. The molecule has 2 aromatic rings. The Kier molecular flexibility index (Phi) is 4.36. The van der Waals surface area contributed by atoms with Gasteiger partial charge in [-0.25, -0.2) is 4.79 Å². The third kappa shape index (κ3) is 3.96. The second-order valence-corrected chi connectivity index (χ2v) is 4.54. The molecule has 0 saturated carbocycles. The average Bonchev–Trinajstić information content (AvgIpc) is 2.42. The Hall–Kier alpha value is -2.07. The number of nitrogens with zero attached hydrogens (tertiary/aromatic N) is 1. The first-order chi connectivity index (χ1) is 9.15. The molecule has 1 aromatic heterocycles. The van der Waals surface area contributed by atoms with Gasteiger partial charge in [-0.05, 0) is 48.9 Å². The summed E-state index contributed by atoms with van der Waals surface area (Å²) in [7, 11) is 0. The van der Waals surface area contributed by atoms with E-state index in [2.05, 4.69) is 15.6 Å². The lowest BCUT2D eigenvalue weighted by Crippen LogP contribution is -2.31. The summed E-state index contributed by atoms with van der Waals surface area (Å²) < 4.78 is 0. The van der Waals surface area contributed by atoms with Gasteiger partial charge >= 0.3 is 6.03 Å². The van der Waals surface area contributed by atoms with Crippen LogP contribution >= 0.6 is 11.6 Å². The number of amides is 2. The number of pyridine rings is 1. The number of benzene rings is 1. The van der Waals surface area contributed by atoms with E-state index in [4.69, 9.17) is 11.6 Å². The molecule has 0 saturated heterocycles. The van der Waals surface area contributed by atoms with Crippen LogP contribution in [0, 0.1) is 0 Å². The fourth-order valence-corrected chi connectivity index (χ4v) is 1.76. The highest BCUT2D eigenvalue weighted by Crippen LogP contribution is 2.14. The molecule has 0 aliphatic rings. The standard InChI is InChI=1S/C14H14ClN3O/c1-10(11-6-8-16-9-7-11)17-14(19)18-13-4-2-12(15)3-5-13/h2-10H,1H3,(H2,17,18,19)/t10-/m0/s1. The Bertz CT molecular complexity index is 542. The molecular weight excluding hydrogens is 262 g/mol. The Morgan fingerprint density at radius 1 is 1.16 bits per heavy atom. The third-order valence-corrected chi connectivity index (χ3v) is 2.91. The van der Waals surface area contributed by atoms with Crippen molar-refractivity contribution in [2.45, 2.75) is 13.0 Å². The smallest absolute Gasteiger partial charge is 0.319 e. The Labute approximate surface area is 116 Å². The molecule has 0 aliphatic heterocycles. The van der Waals surface area contributed by atoms with Gasteiger partial charge in [0.1, 0.15) is 0 Å². The fourth-order valence-electron chi connectivity index (χ4n) is 1.63. The molecular formula is C14H14ClN3O. The van der Waals surface area contributed by atoms with Crippen molar-refractivity contribution < 1.29 is 4.79 Å². The molecule has 5 heteroatoms. The van der Waals surface area contributed by atoms with Gasteiger partial charge in [0.05, 0.1) is 6.04 Å². The van der Waals surface area contributed by atoms with Crippen molar-refractivity contribution in [2.24, 2.45) is 0 Å².